The van der Waals surface area contributed by atoms with Crippen LogP contribution in [0.4, 0.5) is 0 Å². The zero-order valence-corrected chi connectivity index (χ0v) is 16.8. The molecule has 1 atom stereocenters. The highest BCUT2D eigenvalue weighted by Crippen LogP contribution is 2.48. The Hall–Kier alpha value is -4.46. The quantitative estimate of drug-likeness (QED) is 0.456. The number of aromatic hydroxyl groups is 1. The third-order valence-electron chi connectivity index (χ3n) is 5.36. The third-order valence-corrected chi connectivity index (χ3v) is 5.36. The Balaban J connectivity index is 1.47. The van der Waals surface area contributed by atoms with E-state index in [1.807, 2.05) is 54.7 Å². The summed E-state index contributed by atoms with van der Waals surface area (Å²) in [5.74, 6) is 2.15. The van der Waals surface area contributed by atoms with E-state index in [1.54, 1.807) is 29.2 Å². The van der Waals surface area contributed by atoms with E-state index in [0.29, 0.717) is 23.1 Å². The Kier molecular flexibility index (Phi) is 4.21. The van der Waals surface area contributed by atoms with Crippen LogP contribution in [-0.2, 0) is 6.61 Å². The van der Waals surface area contributed by atoms with Gasteiger partial charge in [-0.3, -0.25) is 4.98 Å². The lowest BCUT2D eigenvalue weighted by atomic mass is 9.84. The number of rotatable bonds is 4. The fourth-order valence-electron chi connectivity index (χ4n) is 3.97. The molecule has 0 spiro atoms. The predicted octanol–water partition coefficient (Wildman–Crippen LogP) is 4.09. The zero-order valence-electron chi connectivity index (χ0n) is 16.8. The number of benzene rings is 2. The van der Waals surface area contributed by atoms with Gasteiger partial charge in [-0.05, 0) is 29.8 Å². The number of aromatic nitrogens is 5. The number of para-hydroxylation sites is 1. The third kappa shape index (κ3) is 3.09. The molecule has 1 aliphatic heterocycles. The maximum Gasteiger partial charge on any atom is 0.228 e. The minimum absolute atomic E-state index is 0.126. The van der Waals surface area contributed by atoms with Gasteiger partial charge in [-0.2, -0.15) is 0 Å². The number of hydrogen-bond donors (Lipinski definition) is 1. The van der Waals surface area contributed by atoms with Crippen LogP contribution in [-0.4, -0.2) is 29.7 Å². The topological polar surface area (TPSA) is 94.7 Å². The highest BCUT2D eigenvalue weighted by molar-refractivity contribution is 5.66. The van der Waals surface area contributed by atoms with E-state index in [0.717, 1.165) is 22.4 Å². The van der Waals surface area contributed by atoms with Crippen molar-refractivity contribution in [3.8, 4) is 23.1 Å². The first kappa shape index (κ1) is 18.3. The number of nitrogens with zero attached hydrogens (tertiary/aromatic N) is 5. The van der Waals surface area contributed by atoms with Crippen molar-refractivity contribution < 1.29 is 14.6 Å². The van der Waals surface area contributed by atoms with Gasteiger partial charge in [-0.15, -0.1) is 5.10 Å². The number of fused-ring (bicyclic) bond motifs is 4. The van der Waals surface area contributed by atoms with Gasteiger partial charge in [0.05, 0.1) is 5.56 Å². The van der Waals surface area contributed by atoms with Gasteiger partial charge < -0.3 is 14.6 Å². The predicted molar refractivity (Wildman–Crippen MR) is 115 cm³/mol. The lowest BCUT2D eigenvalue weighted by Crippen LogP contribution is -2.15. The summed E-state index contributed by atoms with van der Waals surface area (Å²) in [4.78, 5) is 13.5. The summed E-state index contributed by atoms with van der Waals surface area (Å²) in [7, 11) is 0. The molecule has 0 fully saturated rings. The summed E-state index contributed by atoms with van der Waals surface area (Å²) in [6.07, 6.45) is 5.12. The molecular formula is C24H17N5O3. The number of phenols is 1. The minimum atomic E-state index is -0.230. The highest BCUT2D eigenvalue weighted by Gasteiger charge is 2.33. The van der Waals surface area contributed by atoms with E-state index < -0.39 is 0 Å². The summed E-state index contributed by atoms with van der Waals surface area (Å²) in [5, 5.41) is 14.5. The van der Waals surface area contributed by atoms with Crippen LogP contribution in [0.15, 0.2) is 79.4 Å². The average molecular weight is 423 g/mol. The Morgan fingerprint density at radius 3 is 2.81 bits per heavy atom. The zero-order chi connectivity index (χ0) is 21.5. The van der Waals surface area contributed by atoms with Crippen LogP contribution < -0.4 is 9.47 Å². The molecule has 8 heteroatoms. The SMILES string of the molecule is Oc1ccc2c(c1)Oc1ncn3nc(COc4ccccc4)nc3c1[C@@H]2c1cccnc1. The second-order valence-corrected chi connectivity index (χ2v) is 7.40. The largest absolute Gasteiger partial charge is 0.508 e. The fourth-order valence-corrected chi connectivity index (χ4v) is 3.97. The summed E-state index contributed by atoms with van der Waals surface area (Å²) >= 11 is 0. The standard InChI is InChI=1S/C24H17N5O3/c30-16-8-9-18-19(11-16)32-24-22(21(18)15-5-4-10-25-12-15)23-27-20(28-29(23)14-26-24)13-31-17-6-2-1-3-7-17/h1-12,14,21,30H,13H2/t21-/m1/s1. The molecule has 2 aromatic carbocycles. The molecule has 0 saturated heterocycles. The Labute approximate surface area is 182 Å². The van der Waals surface area contributed by atoms with Crippen molar-refractivity contribution >= 4 is 5.65 Å². The molecular weight excluding hydrogens is 406 g/mol. The number of ether oxygens (including phenoxy) is 2. The normalized spacial score (nSPS) is 14.4. The molecule has 3 aromatic heterocycles. The van der Waals surface area contributed by atoms with E-state index in [2.05, 4.69) is 15.1 Å². The molecule has 8 nitrogen and oxygen atoms in total. The van der Waals surface area contributed by atoms with Gasteiger partial charge >= 0.3 is 0 Å². The van der Waals surface area contributed by atoms with Crippen LogP contribution in [0, 0.1) is 0 Å². The number of hydrogen-bond acceptors (Lipinski definition) is 7. The van der Waals surface area contributed by atoms with E-state index in [-0.39, 0.29) is 18.3 Å². The van der Waals surface area contributed by atoms with Crippen LogP contribution in [0.3, 0.4) is 0 Å². The van der Waals surface area contributed by atoms with Crippen molar-refractivity contribution in [1.82, 2.24) is 24.6 Å². The van der Waals surface area contributed by atoms with Crippen LogP contribution in [0.25, 0.3) is 5.65 Å². The summed E-state index contributed by atoms with van der Waals surface area (Å²) < 4.78 is 13.5. The molecule has 0 bridgehead atoms. The summed E-state index contributed by atoms with van der Waals surface area (Å²) in [6, 6.07) is 18.5. The summed E-state index contributed by atoms with van der Waals surface area (Å²) in [5.41, 5.74) is 3.28. The van der Waals surface area contributed by atoms with Gasteiger partial charge in [-0.25, -0.2) is 14.5 Å². The van der Waals surface area contributed by atoms with Gasteiger partial charge in [0, 0.05) is 29.9 Å². The van der Waals surface area contributed by atoms with Crippen molar-refractivity contribution in [2.24, 2.45) is 0 Å². The molecule has 32 heavy (non-hydrogen) atoms. The molecule has 156 valence electrons. The first-order chi connectivity index (χ1) is 15.8. The Morgan fingerprint density at radius 1 is 1.06 bits per heavy atom. The highest BCUT2D eigenvalue weighted by atomic mass is 16.5. The molecule has 0 aliphatic carbocycles. The first-order valence-electron chi connectivity index (χ1n) is 10.1. The van der Waals surface area contributed by atoms with Gasteiger partial charge in [0.2, 0.25) is 5.88 Å². The molecule has 0 radical (unpaired) electrons. The Morgan fingerprint density at radius 2 is 1.97 bits per heavy atom. The minimum Gasteiger partial charge on any atom is -0.508 e. The van der Waals surface area contributed by atoms with Crippen LogP contribution in [0.1, 0.15) is 28.4 Å². The van der Waals surface area contributed by atoms with Crippen molar-refractivity contribution in [2.45, 2.75) is 12.5 Å². The van der Waals surface area contributed by atoms with Crippen LogP contribution in [0.5, 0.6) is 23.1 Å². The first-order valence-corrected chi connectivity index (χ1v) is 10.1. The fraction of sp³-hybridized carbons (Fsp3) is 0.0833. The smallest absolute Gasteiger partial charge is 0.228 e. The number of phenolic OH excluding ortho intramolecular Hbond substituents is 1. The maximum absolute atomic E-state index is 9.97. The molecule has 6 rings (SSSR count). The monoisotopic (exact) mass is 423 g/mol. The van der Waals surface area contributed by atoms with E-state index in [4.69, 9.17) is 14.5 Å². The number of pyridine rings is 1. The Bertz CT molecular complexity index is 1420. The molecule has 1 aliphatic rings. The van der Waals surface area contributed by atoms with Crippen molar-refractivity contribution in [2.75, 3.05) is 0 Å². The molecule has 0 saturated carbocycles. The maximum atomic E-state index is 9.97. The van der Waals surface area contributed by atoms with Crippen LogP contribution >= 0.6 is 0 Å². The van der Waals surface area contributed by atoms with Gasteiger partial charge in [0.25, 0.3) is 0 Å². The van der Waals surface area contributed by atoms with Crippen molar-refractivity contribution in [3.63, 3.8) is 0 Å². The van der Waals surface area contributed by atoms with Gasteiger partial charge in [-0.1, -0.05) is 30.3 Å². The average Bonchev–Trinajstić information content (AvgIpc) is 3.26. The van der Waals surface area contributed by atoms with Crippen molar-refractivity contribution in [1.29, 1.82) is 0 Å². The molecule has 4 heterocycles. The van der Waals surface area contributed by atoms with Gasteiger partial charge in [0.15, 0.2) is 11.5 Å². The second kappa shape index (κ2) is 7.35. The lowest BCUT2D eigenvalue weighted by molar-refractivity contribution is 0.296. The van der Waals surface area contributed by atoms with Crippen LogP contribution in [0.2, 0.25) is 0 Å². The van der Waals surface area contributed by atoms with Gasteiger partial charge in [0.1, 0.15) is 30.2 Å². The second-order valence-electron chi connectivity index (χ2n) is 7.40. The van der Waals surface area contributed by atoms with E-state index >= 15 is 0 Å². The van der Waals surface area contributed by atoms with Crippen molar-refractivity contribution in [3.05, 3.63) is 102 Å². The molecule has 0 unspecified atom stereocenters. The van der Waals surface area contributed by atoms with E-state index in [9.17, 15) is 5.11 Å². The van der Waals surface area contributed by atoms with E-state index in [1.165, 1.54) is 0 Å². The molecule has 5 aromatic rings. The molecule has 1 N–H and O–H groups in total. The summed E-state index contributed by atoms with van der Waals surface area (Å²) in [6.45, 7) is 0.226. The lowest BCUT2D eigenvalue weighted by Gasteiger charge is -2.27. The molecule has 0 amide bonds.